The Labute approximate surface area is 195 Å². The van der Waals surface area contributed by atoms with Gasteiger partial charge in [-0.15, -0.1) is 11.6 Å². The SMILES string of the molecule is CC(=O)C1CCC(C(=O)NCCOC(C)(C)CCOC(C)(C)CCCCCCCl)CC1. The highest BCUT2D eigenvalue weighted by molar-refractivity contribution is 6.17. The highest BCUT2D eigenvalue weighted by Gasteiger charge is 2.28. The second kappa shape index (κ2) is 14.5. The molecule has 0 aromatic carbocycles. The molecule has 5 nitrogen and oxygen atoms in total. The van der Waals surface area contributed by atoms with E-state index < -0.39 is 0 Å². The summed E-state index contributed by atoms with van der Waals surface area (Å²) in [7, 11) is 0. The molecule has 0 atom stereocenters. The average molecular weight is 460 g/mol. The summed E-state index contributed by atoms with van der Waals surface area (Å²) < 4.78 is 12.1. The third-order valence-corrected chi connectivity index (χ3v) is 6.69. The molecule has 0 unspecified atom stereocenters. The fraction of sp³-hybridized carbons (Fsp3) is 0.920. The number of hydrogen-bond donors (Lipinski definition) is 1. The molecule has 1 rings (SSSR count). The first-order chi connectivity index (χ1) is 14.6. The Kier molecular flexibility index (Phi) is 13.3. The van der Waals surface area contributed by atoms with Gasteiger partial charge in [-0.3, -0.25) is 9.59 Å². The van der Waals surface area contributed by atoms with Crippen LogP contribution >= 0.6 is 11.6 Å². The maximum Gasteiger partial charge on any atom is 0.223 e. The van der Waals surface area contributed by atoms with Crippen molar-refractivity contribution >= 4 is 23.3 Å². The van der Waals surface area contributed by atoms with E-state index in [1.807, 2.05) is 0 Å². The van der Waals surface area contributed by atoms with E-state index in [4.69, 9.17) is 21.1 Å². The molecular weight excluding hydrogens is 414 g/mol. The Hall–Kier alpha value is -0.650. The zero-order valence-corrected chi connectivity index (χ0v) is 21.3. The first kappa shape index (κ1) is 28.4. The van der Waals surface area contributed by atoms with E-state index in [1.54, 1.807) is 6.92 Å². The molecule has 0 aromatic rings. The van der Waals surface area contributed by atoms with E-state index in [9.17, 15) is 9.59 Å². The van der Waals surface area contributed by atoms with Crippen LogP contribution in [0, 0.1) is 11.8 Å². The molecule has 0 spiro atoms. The van der Waals surface area contributed by atoms with Crippen molar-refractivity contribution in [2.24, 2.45) is 11.8 Å². The molecule has 0 aliphatic heterocycles. The Balaban J connectivity index is 2.15. The van der Waals surface area contributed by atoms with E-state index in [0.29, 0.717) is 19.8 Å². The number of carbonyl (C=O) groups excluding carboxylic acids is 2. The molecule has 0 saturated heterocycles. The summed E-state index contributed by atoms with van der Waals surface area (Å²) in [6, 6.07) is 0. The maximum absolute atomic E-state index is 12.3. The monoisotopic (exact) mass is 459 g/mol. The van der Waals surface area contributed by atoms with Crippen LogP contribution in [0.2, 0.25) is 0 Å². The van der Waals surface area contributed by atoms with Gasteiger partial charge in [0.1, 0.15) is 5.78 Å². The summed E-state index contributed by atoms with van der Waals surface area (Å²) >= 11 is 5.72. The molecule has 182 valence electrons. The molecule has 0 aromatic heterocycles. The molecule has 1 saturated carbocycles. The van der Waals surface area contributed by atoms with Crippen LogP contribution in [0.3, 0.4) is 0 Å². The number of ether oxygens (including phenoxy) is 2. The zero-order valence-electron chi connectivity index (χ0n) is 20.6. The second-order valence-electron chi connectivity index (χ2n) is 10.3. The molecule has 1 N–H and O–H groups in total. The number of hydrogen-bond acceptors (Lipinski definition) is 4. The number of halogens is 1. The number of nitrogens with one attached hydrogen (secondary N) is 1. The Morgan fingerprint density at radius 2 is 1.39 bits per heavy atom. The maximum atomic E-state index is 12.3. The van der Waals surface area contributed by atoms with Crippen LogP contribution in [0.15, 0.2) is 0 Å². The molecule has 31 heavy (non-hydrogen) atoms. The van der Waals surface area contributed by atoms with Gasteiger partial charge in [0.15, 0.2) is 0 Å². The fourth-order valence-corrected chi connectivity index (χ4v) is 4.31. The lowest BCUT2D eigenvalue weighted by Gasteiger charge is -2.30. The number of ketones is 1. The van der Waals surface area contributed by atoms with Gasteiger partial charge in [-0.25, -0.2) is 0 Å². The molecule has 0 bridgehead atoms. The van der Waals surface area contributed by atoms with Crippen LogP contribution in [0.1, 0.15) is 98.8 Å². The number of alkyl halides is 1. The number of unbranched alkanes of at least 4 members (excludes halogenated alkanes) is 3. The van der Waals surface area contributed by atoms with E-state index in [-0.39, 0.29) is 34.7 Å². The van der Waals surface area contributed by atoms with Gasteiger partial charge in [0.25, 0.3) is 0 Å². The Bertz CT molecular complexity index is 528. The average Bonchev–Trinajstić information content (AvgIpc) is 2.70. The van der Waals surface area contributed by atoms with Crippen LogP contribution < -0.4 is 5.32 Å². The largest absolute Gasteiger partial charge is 0.375 e. The van der Waals surface area contributed by atoms with E-state index in [1.165, 1.54) is 19.3 Å². The first-order valence-electron chi connectivity index (χ1n) is 12.2. The van der Waals surface area contributed by atoms with Crippen molar-refractivity contribution in [2.45, 2.75) is 110 Å². The summed E-state index contributed by atoms with van der Waals surface area (Å²) in [4.78, 5) is 23.8. The smallest absolute Gasteiger partial charge is 0.223 e. The third kappa shape index (κ3) is 12.8. The van der Waals surface area contributed by atoms with Crippen LogP contribution in [0.4, 0.5) is 0 Å². The third-order valence-electron chi connectivity index (χ3n) is 6.43. The van der Waals surface area contributed by atoms with Gasteiger partial charge in [-0.05, 0) is 79.6 Å². The highest BCUT2D eigenvalue weighted by Crippen LogP contribution is 2.29. The first-order valence-corrected chi connectivity index (χ1v) is 12.7. The fourth-order valence-electron chi connectivity index (χ4n) is 4.12. The summed E-state index contributed by atoms with van der Waals surface area (Å²) in [6.07, 6.45) is 9.80. The summed E-state index contributed by atoms with van der Waals surface area (Å²) in [5.74, 6) is 1.29. The normalized spacial score (nSPS) is 19.9. The minimum Gasteiger partial charge on any atom is -0.375 e. The zero-order chi connectivity index (χ0) is 23.3. The Morgan fingerprint density at radius 1 is 0.839 bits per heavy atom. The van der Waals surface area contributed by atoms with Crippen molar-refractivity contribution in [3.05, 3.63) is 0 Å². The van der Waals surface area contributed by atoms with Crippen LogP contribution in [-0.4, -0.2) is 48.5 Å². The number of amides is 1. The van der Waals surface area contributed by atoms with Gasteiger partial charge in [-0.2, -0.15) is 0 Å². The van der Waals surface area contributed by atoms with Crippen molar-refractivity contribution in [1.82, 2.24) is 5.32 Å². The van der Waals surface area contributed by atoms with Crippen LogP contribution in [0.5, 0.6) is 0 Å². The van der Waals surface area contributed by atoms with Crippen molar-refractivity contribution in [2.75, 3.05) is 25.6 Å². The molecule has 1 amide bonds. The molecular formula is C25H46ClNO4. The molecule has 1 aliphatic carbocycles. The summed E-state index contributed by atoms with van der Waals surface area (Å²) in [5.41, 5.74) is -0.410. The minimum absolute atomic E-state index is 0.0363. The predicted octanol–water partition coefficient (Wildman–Crippen LogP) is 5.67. The van der Waals surface area contributed by atoms with Crippen molar-refractivity contribution in [3.8, 4) is 0 Å². The highest BCUT2D eigenvalue weighted by atomic mass is 35.5. The lowest BCUT2D eigenvalue weighted by atomic mass is 9.80. The van der Waals surface area contributed by atoms with Crippen molar-refractivity contribution in [3.63, 3.8) is 0 Å². The molecule has 1 fully saturated rings. The Morgan fingerprint density at radius 3 is 2.00 bits per heavy atom. The summed E-state index contributed by atoms with van der Waals surface area (Å²) in [5, 5.41) is 3.00. The quantitative estimate of drug-likeness (QED) is 0.238. The summed E-state index contributed by atoms with van der Waals surface area (Å²) in [6.45, 7) is 11.8. The van der Waals surface area contributed by atoms with E-state index in [2.05, 4.69) is 33.0 Å². The number of carbonyl (C=O) groups is 2. The van der Waals surface area contributed by atoms with Gasteiger partial charge >= 0.3 is 0 Å². The van der Waals surface area contributed by atoms with Crippen molar-refractivity contribution in [1.29, 1.82) is 0 Å². The predicted molar refractivity (Wildman–Crippen MR) is 128 cm³/mol. The lowest BCUT2D eigenvalue weighted by Crippen LogP contribution is -2.37. The van der Waals surface area contributed by atoms with Gasteiger partial charge in [-0.1, -0.05) is 19.3 Å². The molecule has 0 heterocycles. The van der Waals surface area contributed by atoms with Gasteiger partial charge in [0.05, 0.1) is 24.4 Å². The van der Waals surface area contributed by atoms with Crippen LogP contribution in [0.25, 0.3) is 0 Å². The molecule has 0 radical (unpaired) electrons. The number of Topliss-reactive ketones (excluding diaryl/α,β-unsaturated/α-hetero) is 1. The molecule has 1 aliphatic rings. The topological polar surface area (TPSA) is 64.6 Å². The van der Waals surface area contributed by atoms with Gasteiger partial charge in [0.2, 0.25) is 5.91 Å². The molecule has 6 heteroatoms. The van der Waals surface area contributed by atoms with Gasteiger partial charge < -0.3 is 14.8 Å². The van der Waals surface area contributed by atoms with E-state index in [0.717, 1.165) is 50.8 Å². The van der Waals surface area contributed by atoms with Gasteiger partial charge in [0, 0.05) is 24.3 Å². The van der Waals surface area contributed by atoms with Crippen molar-refractivity contribution < 1.29 is 19.1 Å². The second-order valence-corrected chi connectivity index (χ2v) is 10.6. The lowest BCUT2D eigenvalue weighted by molar-refractivity contribution is -0.129. The standard InChI is InChI=1S/C25H46ClNO4/c1-20(28)21-10-12-22(13-11-21)23(29)27-17-19-31-25(4,5)15-18-30-24(2,3)14-8-6-7-9-16-26/h21-22H,6-19H2,1-5H3,(H,27,29). The van der Waals surface area contributed by atoms with Crippen LogP contribution in [-0.2, 0) is 19.1 Å². The van der Waals surface area contributed by atoms with E-state index >= 15 is 0 Å². The minimum atomic E-state index is -0.291. The number of rotatable bonds is 16.